The SMILES string of the molecule is C1=C2C=CC(c3ccccn3)=CC=1c1cc(Cc3ccc4oc5ccc(-c6cc(-c7nncn7-c7ccccn7)cc(-c7nncn7-c7ccccn7)c6)cc5c4c3)ccc1O2.C=N. The number of rotatable bonds is 8. The van der Waals surface area contributed by atoms with E-state index in [0.29, 0.717) is 35.5 Å². The van der Waals surface area contributed by atoms with Crippen molar-refractivity contribution in [3.63, 3.8) is 0 Å². The maximum Gasteiger partial charge on any atom is 0.170 e. The van der Waals surface area contributed by atoms with E-state index in [1.165, 1.54) is 0 Å². The molecule has 0 atom stereocenters. The van der Waals surface area contributed by atoms with Crippen LogP contribution in [0.5, 0.6) is 5.75 Å². The summed E-state index contributed by atoms with van der Waals surface area (Å²) in [5.74, 6) is 4.18. The Morgan fingerprint density at radius 3 is 1.88 bits per heavy atom. The highest BCUT2D eigenvalue weighted by atomic mass is 16.5. The molecule has 0 unspecified atom stereocenters. The van der Waals surface area contributed by atoms with Crippen LogP contribution >= 0.6 is 0 Å². The van der Waals surface area contributed by atoms with Gasteiger partial charge in [-0.3, -0.25) is 14.1 Å². The molecule has 0 saturated carbocycles. The first kappa shape index (κ1) is 37.8. The van der Waals surface area contributed by atoms with Crippen LogP contribution in [0.25, 0.3) is 78.6 Å². The van der Waals surface area contributed by atoms with Crippen LogP contribution in [-0.2, 0) is 6.42 Å². The van der Waals surface area contributed by atoms with Crippen LogP contribution in [0.15, 0.2) is 193 Å². The molecular weight excluding hydrogens is 797 g/mol. The Balaban J connectivity index is 0.00000225. The molecule has 2 aliphatic rings. The molecule has 0 radical (unpaired) electrons. The Morgan fingerprint density at radius 1 is 0.578 bits per heavy atom. The molecule has 6 aromatic heterocycles. The second-order valence-corrected chi connectivity index (χ2v) is 15.0. The van der Waals surface area contributed by atoms with Gasteiger partial charge in [-0.15, -0.1) is 20.4 Å². The van der Waals surface area contributed by atoms with Gasteiger partial charge in [0.25, 0.3) is 0 Å². The van der Waals surface area contributed by atoms with Gasteiger partial charge in [-0.1, -0.05) is 42.1 Å². The minimum absolute atomic E-state index is 0.636. The summed E-state index contributed by atoms with van der Waals surface area (Å²) < 4.78 is 16.4. The van der Waals surface area contributed by atoms with Crippen molar-refractivity contribution in [2.45, 2.75) is 6.42 Å². The molecule has 0 saturated heterocycles. The van der Waals surface area contributed by atoms with Crippen molar-refractivity contribution in [3.05, 3.63) is 211 Å². The molecule has 12 rings (SSSR count). The minimum atomic E-state index is 0.636. The number of fused-ring (bicyclic) bond motifs is 5. The summed E-state index contributed by atoms with van der Waals surface area (Å²) in [6.07, 6.45) is 15.5. The van der Waals surface area contributed by atoms with E-state index in [4.69, 9.17) is 14.6 Å². The number of ether oxygens (including phenoxy) is 1. The zero-order valence-corrected chi connectivity index (χ0v) is 34.0. The molecular formula is C52H34N10O2. The van der Waals surface area contributed by atoms with E-state index in [0.717, 1.165) is 83.5 Å². The van der Waals surface area contributed by atoms with Gasteiger partial charge < -0.3 is 14.6 Å². The largest absolute Gasteiger partial charge is 0.456 e. The second-order valence-electron chi connectivity index (χ2n) is 15.0. The van der Waals surface area contributed by atoms with Gasteiger partial charge in [-0.05, 0) is 145 Å². The van der Waals surface area contributed by atoms with Crippen molar-refractivity contribution in [3.8, 4) is 51.3 Å². The molecule has 0 amide bonds. The molecule has 12 nitrogen and oxygen atoms in total. The van der Waals surface area contributed by atoms with Gasteiger partial charge in [0.2, 0.25) is 0 Å². The molecule has 4 aromatic carbocycles. The fourth-order valence-corrected chi connectivity index (χ4v) is 8.18. The predicted octanol–water partition coefficient (Wildman–Crippen LogP) is 10.7. The molecule has 7 heterocycles. The van der Waals surface area contributed by atoms with E-state index in [1.807, 2.05) is 88.1 Å². The van der Waals surface area contributed by atoms with Crippen LogP contribution in [-0.4, -0.2) is 51.2 Å². The summed E-state index contributed by atoms with van der Waals surface area (Å²) in [6.45, 7) is 2.50. The highest BCUT2D eigenvalue weighted by Gasteiger charge is 2.20. The van der Waals surface area contributed by atoms with Gasteiger partial charge >= 0.3 is 0 Å². The van der Waals surface area contributed by atoms with Crippen LogP contribution in [0, 0.1) is 5.41 Å². The van der Waals surface area contributed by atoms with E-state index in [1.54, 1.807) is 25.0 Å². The van der Waals surface area contributed by atoms with E-state index in [-0.39, 0.29) is 0 Å². The quantitative estimate of drug-likeness (QED) is 0.117. The van der Waals surface area contributed by atoms with Gasteiger partial charge in [-0.2, -0.15) is 0 Å². The van der Waals surface area contributed by atoms with E-state index in [9.17, 15) is 0 Å². The summed E-state index contributed by atoms with van der Waals surface area (Å²) >= 11 is 0. The number of hydrogen-bond donors (Lipinski definition) is 1. The first-order valence-corrected chi connectivity index (χ1v) is 20.4. The van der Waals surface area contributed by atoms with Crippen molar-refractivity contribution in [1.82, 2.24) is 44.5 Å². The number of nitrogens with zero attached hydrogens (tertiary/aromatic N) is 9. The molecule has 10 aromatic rings. The Morgan fingerprint density at radius 2 is 1.20 bits per heavy atom. The van der Waals surface area contributed by atoms with E-state index >= 15 is 0 Å². The van der Waals surface area contributed by atoms with Crippen molar-refractivity contribution < 1.29 is 9.15 Å². The predicted molar refractivity (Wildman–Crippen MR) is 247 cm³/mol. The third-order valence-electron chi connectivity index (χ3n) is 11.1. The molecule has 0 spiro atoms. The maximum atomic E-state index is 6.42. The lowest BCUT2D eigenvalue weighted by atomic mass is 9.95. The molecule has 304 valence electrons. The standard InChI is InChI=1S/C51H31N9O2.CH3N/c1-4-18-52-44(7-1)35-12-14-40-28-37(24-35)41-22-32(10-15-45(41)61-40)21-33-11-16-46-42(23-33)43-29-34(13-17-47(43)62-46)36-25-38(50-57-55-30-59(50)48-8-2-5-19-53-48)27-39(26-36)51-58-56-31-60(51)49-9-3-6-20-54-49;1-2/h1-20,22-27,29-31H,21H2;2H,1H2. The monoisotopic (exact) mass is 830 g/mol. The van der Waals surface area contributed by atoms with Crippen molar-refractivity contribution in [2.75, 3.05) is 0 Å². The fraction of sp³-hybridized carbons (Fsp3) is 0.0192. The molecule has 1 aliphatic carbocycles. The van der Waals surface area contributed by atoms with Crippen LogP contribution < -0.4 is 4.74 Å². The summed E-state index contributed by atoms with van der Waals surface area (Å²) in [6, 6.07) is 42.9. The van der Waals surface area contributed by atoms with Gasteiger partial charge in [0.05, 0.1) is 5.69 Å². The summed E-state index contributed by atoms with van der Waals surface area (Å²) in [4.78, 5) is 13.7. The van der Waals surface area contributed by atoms with Gasteiger partial charge in [-0.25, -0.2) is 9.97 Å². The summed E-state index contributed by atoms with van der Waals surface area (Å²) in [5.41, 5.74) is 14.9. The van der Waals surface area contributed by atoms with Crippen LogP contribution in [0.2, 0.25) is 0 Å². The molecule has 0 fully saturated rings. The van der Waals surface area contributed by atoms with Crippen molar-refractivity contribution >= 4 is 39.8 Å². The van der Waals surface area contributed by atoms with E-state index < -0.39 is 0 Å². The third-order valence-corrected chi connectivity index (χ3v) is 11.1. The number of nitrogens with one attached hydrogen (secondary N) is 1. The topological polar surface area (TPSA) is 146 Å². The zero-order chi connectivity index (χ0) is 43.0. The number of aromatic nitrogens is 9. The normalized spacial score (nSPS) is 12.7. The number of pyridine rings is 3. The fourth-order valence-electron chi connectivity index (χ4n) is 8.18. The number of benzene rings is 4. The smallest absolute Gasteiger partial charge is 0.170 e. The average molecular weight is 831 g/mol. The second kappa shape index (κ2) is 16.1. The molecule has 2 bridgehead atoms. The molecule has 64 heavy (non-hydrogen) atoms. The van der Waals surface area contributed by atoms with Crippen LogP contribution in [0.1, 0.15) is 22.4 Å². The van der Waals surface area contributed by atoms with E-state index in [2.05, 4.69) is 121 Å². The van der Waals surface area contributed by atoms with Crippen LogP contribution in [0.4, 0.5) is 0 Å². The average Bonchev–Trinajstić information content (AvgIpc) is 4.12. The third kappa shape index (κ3) is 6.97. The van der Waals surface area contributed by atoms with Gasteiger partial charge in [0, 0.05) is 57.2 Å². The number of furan rings is 1. The Hall–Kier alpha value is -9.12. The number of hydrogen-bond acceptors (Lipinski definition) is 10. The Kier molecular flexibility index (Phi) is 9.49. The summed E-state index contributed by atoms with van der Waals surface area (Å²) in [5, 5.41) is 25.3. The zero-order valence-electron chi connectivity index (χ0n) is 34.0. The Bertz CT molecular complexity index is 3430. The number of allylic oxidation sites excluding steroid dienone is 4. The lowest BCUT2D eigenvalue weighted by Crippen LogP contribution is -2.01. The molecule has 1 N–H and O–H groups in total. The first-order chi connectivity index (χ1) is 31.7. The maximum absolute atomic E-state index is 6.42. The highest BCUT2D eigenvalue weighted by Crippen LogP contribution is 2.39. The van der Waals surface area contributed by atoms with Crippen LogP contribution in [0.3, 0.4) is 0 Å². The molecule has 1 aliphatic heterocycles. The lowest BCUT2D eigenvalue weighted by Gasteiger charge is -2.16. The minimum Gasteiger partial charge on any atom is -0.456 e. The lowest BCUT2D eigenvalue weighted by molar-refractivity contribution is 0.441. The first-order valence-electron chi connectivity index (χ1n) is 20.4. The summed E-state index contributed by atoms with van der Waals surface area (Å²) in [7, 11) is 0. The van der Waals surface area contributed by atoms with Gasteiger partial charge in [0.15, 0.2) is 17.4 Å². The Labute approximate surface area is 366 Å². The van der Waals surface area contributed by atoms with Gasteiger partial charge in [0.1, 0.15) is 41.2 Å². The van der Waals surface area contributed by atoms with Crippen molar-refractivity contribution in [2.24, 2.45) is 0 Å². The highest BCUT2D eigenvalue weighted by molar-refractivity contribution is 6.06. The molecule has 12 heteroatoms. The van der Waals surface area contributed by atoms with Crippen molar-refractivity contribution in [1.29, 1.82) is 5.41 Å².